The molecule has 0 saturated carbocycles. The van der Waals surface area contributed by atoms with Crippen LogP contribution in [-0.4, -0.2) is 37.3 Å². The van der Waals surface area contributed by atoms with E-state index in [4.69, 9.17) is 11.5 Å². The van der Waals surface area contributed by atoms with Gasteiger partial charge in [-0.15, -0.1) is 0 Å². The fraction of sp³-hybridized carbons (Fsp3) is 0.556. The van der Waals surface area contributed by atoms with E-state index in [0.717, 1.165) is 6.42 Å². The molecule has 108 valence electrons. The molecule has 0 spiro atoms. The number of aryl methyl sites for hydroxylation is 1. The summed E-state index contributed by atoms with van der Waals surface area (Å²) in [5.41, 5.74) is 10.4. The smallest absolute Gasteiger partial charge is 0.312 e. The maximum Gasteiger partial charge on any atom is 0.312 e. The van der Waals surface area contributed by atoms with Crippen LogP contribution in [0.25, 0.3) is 0 Å². The average molecular weight is 290 g/mol. The van der Waals surface area contributed by atoms with E-state index in [9.17, 15) is 13.2 Å². The summed E-state index contributed by atoms with van der Waals surface area (Å²) in [6.07, 6.45) is 2.19. The molecule has 2 amide bonds. The van der Waals surface area contributed by atoms with Crippen LogP contribution in [0.1, 0.15) is 13.3 Å². The average Bonchev–Trinajstić information content (AvgIpc) is 2.67. The number of urea groups is 1. The number of primary amides is 1. The van der Waals surface area contributed by atoms with E-state index >= 15 is 0 Å². The molecule has 0 radical (unpaired) electrons. The first-order valence-electron chi connectivity index (χ1n) is 5.72. The number of nitrogen functional groups attached to an aromatic ring is 1. The molecule has 0 fully saturated rings. The number of hydrogen-bond acceptors (Lipinski definition) is 5. The van der Waals surface area contributed by atoms with Gasteiger partial charge in [-0.25, -0.2) is 17.9 Å². The number of nitrogens with zero attached hydrogens (tertiary/aromatic N) is 2. The molecule has 0 unspecified atom stereocenters. The van der Waals surface area contributed by atoms with Gasteiger partial charge in [-0.2, -0.15) is 5.10 Å². The summed E-state index contributed by atoms with van der Waals surface area (Å²) in [6.45, 7) is 2.64. The van der Waals surface area contributed by atoms with E-state index in [1.807, 2.05) is 6.92 Å². The highest BCUT2D eigenvalue weighted by Gasteiger charge is 2.20. The predicted molar refractivity (Wildman–Crippen MR) is 69.7 cm³/mol. The minimum Gasteiger partial charge on any atom is -0.381 e. The van der Waals surface area contributed by atoms with Crippen LogP contribution >= 0.6 is 0 Å². The first-order valence-corrected chi connectivity index (χ1v) is 7.21. The SMILES string of the molecule is CCCn1cc(S(=O)(=O)NCCNC(N)=O)c(N)n1. The van der Waals surface area contributed by atoms with Crippen molar-refractivity contribution in [1.82, 2.24) is 19.8 Å². The summed E-state index contributed by atoms with van der Waals surface area (Å²) in [5, 5.41) is 6.18. The molecule has 0 bridgehead atoms. The number of rotatable bonds is 7. The largest absolute Gasteiger partial charge is 0.381 e. The molecular formula is C9H18N6O3S. The first kappa shape index (κ1) is 15.2. The monoisotopic (exact) mass is 290 g/mol. The minimum atomic E-state index is -3.74. The van der Waals surface area contributed by atoms with E-state index in [2.05, 4.69) is 15.1 Å². The first-order chi connectivity index (χ1) is 8.86. The van der Waals surface area contributed by atoms with Gasteiger partial charge in [-0.1, -0.05) is 6.92 Å². The molecule has 1 rings (SSSR count). The molecule has 0 atom stereocenters. The predicted octanol–water partition coefficient (Wildman–Crippen LogP) is -1.18. The Bertz CT molecular complexity index is 538. The zero-order chi connectivity index (χ0) is 14.5. The molecule has 19 heavy (non-hydrogen) atoms. The third-order valence-electron chi connectivity index (χ3n) is 2.21. The van der Waals surface area contributed by atoms with Crippen LogP contribution in [0, 0.1) is 0 Å². The highest BCUT2D eigenvalue weighted by Crippen LogP contribution is 2.15. The number of carbonyl (C=O) groups excluding carboxylic acids is 1. The minimum absolute atomic E-state index is 0.0175. The number of aromatic nitrogens is 2. The zero-order valence-electron chi connectivity index (χ0n) is 10.6. The third kappa shape index (κ3) is 4.41. The summed E-state index contributed by atoms with van der Waals surface area (Å²) in [4.78, 5) is 10.4. The van der Waals surface area contributed by atoms with Gasteiger partial charge in [0.05, 0.1) is 0 Å². The molecule has 1 aromatic heterocycles. The number of anilines is 1. The summed E-state index contributed by atoms with van der Waals surface area (Å²) < 4.78 is 27.6. The van der Waals surface area contributed by atoms with Gasteiger partial charge in [0, 0.05) is 25.8 Å². The second kappa shape index (κ2) is 6.38. The Morgan fingerprint density at radius 2 is 2.16 bits per heavy atom. The molecule has 9 nitrogen and oxygen atoms in total. The Morgan fingerprint density at radius 3 is 2.74 bits per heavy atom. The highest BCUT2D eigenvalue weighted by atomic mass is 32.2. The van der Waals surface area contributed by atoms with Crippen LogP contribution in [0.2, 0.25) is 0 Å². The van der Waals surface area contributed by atoms with Gasteiger partial charge >= 0.3 is 6.03 Å². The topological polar surface area (TPSA) is 145 Å². The van der Waals surface area contributed by atoms with Crippen LogP contribution in [-0.2, 0) is 16.6 Å². The Hall–Kier alpha value is -1.81. The van der Waals surface area contributed by atoms with Crippen molar-refractivity contribution in [3.05, 3.63) is 6.20 Å². The number of hydrogen-bond donors (Lipinski definition) is 4. The van der Waals surface area contributed by atoms with Crippen molar-refractivity contribution >= 4 is 21.9 Å². The lowest BCUT2D eigenvalue weighted by molar-refractivity contribution is 0.249. The lowest BCUT2D eigenvalue weighted by Crippen LogP contribution is -2.37. The van der Waals surface area contributed by atoms with Crippen molar-refractivity contribution < 1.29 is 13.2 Å². The lowest BCUT2D eigenvalue weighted by atomic mass is 10.5. The van der Waals surface area contributed by atoms with E-state index in [1.165, 1.54) is 10.9 Å². The molecule has 0 saturated heterocycles. The van der Waals surface area contributed by atoms with Crippen LogP contribution in [0.3, 0.4) is 0 Å². The molecule has 0 aliphatic carbocycles. The maximum absolute atomic E-state index is 11.9. The number of nitrogens with one attached hydrogen (secondary N) is 2. The zero-order valence-corrected chi connectivity index (χ0v) is 11.4. The van der Waals surface area contributed by atoms with Crippen LogP contribution in [0.15, 0.2) is 11.1 Å². The summed E-state index contributed by atoms with van der Waals surface area (Å²) >= 11 is 0. The Labute approximate surface area is 111 Å². The third-order valence-corrected chi connectivity index (χ3v) is 3.69. The summed E-state index contributed by atoms with van der Waals surface area (Å²) in [5.74, 6) is -0.0520. The molecule has 0 aliphatic heterocycles. The Kier molecular flexibility index (Phi) is 5.12. The number of sulfonamides is 1. The molecule has 1 heterocycles. The van der Waals surface area contributed by atoms with Crippen molar-refractivity contribution in [2.75, 3.05) is 18.8 Å². The molecule has 6 N–H and O–H groups in total. The number of nitrogens with two attached hydrogens (primary N) is 2. The quantitative estimate of drug-likeness (QED) is 0.467. The second-order valence-electron chi connectivity index (χ2n) is 3.83. The van der Waals surface area contributed by atoms with Gasteiger partial charge < -0.3 is 16.8 Å². The van der Waals surface area contributed by atoms with Crippen molar-refractivity contribution in [1.29, 1.82) is 0 Å². The molecule has 1 aromatic rings. The summed E-state index contributed by atoms with van der Waals surface area (Å²) in [7, 11) is -3.74. The Morgan fingerprint density at radius 1 is 1.47 bits per heavy atom. The fourth-order valence-electron chi connectivity index (χ4n) is 1.42. The van der Waals surface area contributed by atoms with E-state index in [0.29, 0.717) is 6.54 Å². The molecule has 0 aliphatic rings. The van der Waals surface area contributed by atoms with Gasteiger partial charge in [0.25, 0.3) is 0 Å². The second-order valence-corrected chi connectivity index (χ2v) is 5.57. The maximum atomic E-state index is 11.9. The standard InChI is InChI=1S/C9H18N6O3S/c1-2-5-15-6-7(8(10)14-15)19(17,18)13-4-3-12-9(11)16/h6,13H,2-5H2,1H3,(H2,10,14)(H3,11,12,16). The van der Waals surface area contributed by atoms with E-state index < -0.39 is 16.1 Å². The van der Waals surface area contributed by atoms with Gasteiger partial charge in [0.15, 0.2) is 5.82 Å². The lowest BCUT2D eigenvalue weighted by Gasteiger charge is -2.05. The van der Waals surface area contributed by atoms with Crippen molar-refractivity contribution in [3.63, 3.8) is 0 Å². The van der Waals surface area contributed by atoms with Crippen molar-refractivity contribution in [3.8, 4) is 0 Å². The van der Waals surface area contributed by atoms with E-state index in [1.54, 1.807) is 0 Å². The van der Waals surface area contributed by atoms with Gasteiger partial charge in [-0.05, 0) is 6.42 Å². The Balaban J connectivity index is 2.68. The normalized spacial score (nSPS) is 11.4. The van der Waals surface area contributed by atoms with Crippen molar-refractivity contribution in [2.24, 2.45) is 5.73 Å². The van der Waals surface area contributed by atoms with Gasteiger partial charge in [0.1, 0.15) is 4.90 Å². The highest BCUT2D eigenvalue weighted by molar-refractivity contribution is 7.89. The number of carbonyl (C=O) groups is 1. The number of amides is 2. The van der Waals surface area contributed by atoms with Crippen LogP contribution < -0.4 is 21.5 Å². The molecular weight excluding hydrogens is 272 g/mol. The van der Waals surface area contributed by atoms with Gasteiger partial charge in [0.2, 0.25) is 10.0 Å². The van der Waals surface area contributed by atoms with E-state index in [-0.39, 0.29) is 23.8 Å². The summed E-state index contributed by atoms with van der Waals surface area (Å²) in [6, 6.07) is -0.713. The van der Waals surface area contributed by atoms with Gasteiger partial charge in [-0.3, -0.25) is 4.68 Å². The van der Waals surface area contributed by atoms with Crippen LogP contribution in [0.5, 0.6) is 0 Å². The van der Waals surface area contributed by atoms with Crippen molar-refractivity contribution in [2.45, 2.75) is 24.8 Å². The molecule has 10 heteroatoms. The fourth-order valence-corrected chi connectivity index (χ4v) is 2.52. The van der Waals surface area contributed by atoms with Crippen LogP contribution in [0.4, 0.5) is 10.6 Å². The molecule has 0 aromatic carbocycles.